The molecule has 0 aliphatic carbocycles. The van der Waals surface area contributed by atoms with Crippen LogP contribution >= 0.6 is 0 Å². The van der Waals surface area contributed by atoms with E-state index in [0.717, 1.165) is 17.0 Å². The molecule has 0 saturated heterocycles. The molecule has 5 heteroatoms. The minimum Gasteiger partial charge on any atom is -0.496 e. The van der Waals surface area contributed by atoms with Crippen LogP contribution in [0.25, 0.3) is 5.69 Å². The minimum absolute atomic E-state index is 0.538. The van der Waals surface area contributed by atoms with Crippen molar-refractivity contribution in [2.45, 2.75) is 26.4 Å². The van der Waals surface area contributed by atoms with Crippen molar-refractivity contribution in [3.8, 4) is 11.4 Å². The van der Waals surface area contributed by atoms with Crippen molar-refractivity contribution < 1.29 is 9.84 Å². The predicted octanol–water partition coefficient (Wildman–Crippen LogP) is 1.81. The van der Waals surface area contributed by atoms with Gasteiger partial charge in [-0.2, -0.15) is 0 Å². The molecule has 0 aliphatic heterocycles. The molecule has 0 unspecified atom stereocenters. The van der Waals surface area contributed by atoms with Crippen LogP contribution in [0.5, 0.6) is 5.75 Å². The maximum Gasteiger partial charge on any atom is 0.121 e. The molecule has 1 heterocycles. The first-order valence-corrected chi connectivity index (χ1v) is 5.72. The van der Waals surface area contributed by atoms with Gasteiger partial charge in [0.15, 0.2) is 0 Å². The average Bonchev–Trinajstić information content (AvgIpc) is 2.77. The molecule has 1 aromatic heterocycles. The molecule has 2 rings (SSSR count). The SMILES string of the molecule is COc1ccc(-n2cc(C(C)(C)O)nn2)cc1C. The third kappa shape index (κ3) is 2.36. The molecule has 0 saturated carbocycles. The second-order valence-electron chi connectivity index (χ2n) is 4.76. The highest BCUT2D eigenvalue weighted by molar-refractivity contribution is 5.43. The molecule has 0 bridgehead atoms. The van der Waals surface area contributed by atoms with Crippen molar-refractivity contribution in [1.82, 2.24) is 15.0 Å². The van der Waals surface area contributed by atoms with Crippen molar-refractivity contribution in [2.24, 2.45) is 0 Å². The highest BCUT2D eigenvalue weighted by Gasteiger charge is 2.20. The van der Waals surface area contributed by atoms with E-state index in [1.54, 1.807) is 31.8 Å². The monoisotopic (exact) mass is 247 g/mol. The van der Waals surface area contributed by atoms with Crippen molar-refractivity contribution in [3.05, 3.63) is 35.7 Å². The van der Waals surface area contributed by atoms with Crippen LogP contribution in [0, 0.1) is 6.92 Å². The Balaban J connectivity index is 2.38. The molecule has 0 atom stereocenters. The Bertz CT molecular complexity index is 556. The third-order valence-electron chi connectivity index (χ3n) is 2.76. The van der Waals surface area contributed by atoms with Gasteiger partial charge in [0, 0.05) is 0 Å². The summed E-state index contributed by atoms with van der Waals surface area (Å²) in [5.41, 5.74) is 1.46. The van der Waals surface area contributed by atoms with E-state index in [9.17, 15) is 5.11 Å². The van der Waals surface area contributed by atoms with E-state index < -0.39 is 5.60 Å². The van der Waals surface area contributed by atoms with Crippen LogP contribution in [0.15, 0.2) is 24.4 Å². The number of aliphatic hydroxyl groups is 1. The standard InChI is InChI=1S/C13H17N3O2/c1-9-7-10(5-6-11(9)18-4)16-8-12(14-15-16)13(2,3)17/h5-8,17H,1-4H3. The number of benzene rings is 1. The van der Waals surface area contributed by atoms with Crippen LogP contribution in [0.2, 0.25) is 0 Å². The number of nitrogens with zero attached hydrogens (tertiary/aromatic N) is 3. The number of aryl methyl sites for hydroxylation is 1. The van der Waals surface area contributed by atoms with Gasteiger partial charge in [-0.05, 0) is 44.5 Å². The van der Waals surface area contributed by atoms with E-state index in [1.165, 1.54) is 0 Å². The lowest BCUT2D eigenvalue weighted by molar-refractivity contribution is 0.0737. The predicted molar refractivity (Wildman–Crippen MR) is 67.9 cm³/mol. The van der Waals surface area contributed by atoms with Crippen LogP contribution in [0.1, 0.15) is 25.1 Å². The quantitative estimate of drug-likeness (QED) is 0.898. The van der Waals surface area contributed by atoms with Crippen LogP contribution in [-0.2, 0) is 5.60 Å². The molecule has 0 spiro atoms. The molecular formula is C13H17N3O2. The maximum absolute atomic E-state index is 9.85. The Kier molecular flexibility index (Phi) is 3.09. The first kappa shape index (κ1) is 12.6. The van der Waals surface area contributed by atoms with Gasteiger partial charge in [0.2, 0.25) is 0 Å². The number of hydrogen-bond donors (Lipinski definition) is 1. The lowest BCUT2D eigenvalue weighted by atomic mass is 10.1. The Hall–Kier alpha value is -1.88. The fourth-order valence-electron chi connectivity index (χ4n) is 1.68. The summed E-state index contributed by atoms with van der Waals surface area (Å²) in [7, 11) is 1.64. The summed E-state index contributed by atoms with van der Waals surface area (Å²) in [5.74, 6) is 0.835. The molecule has 0 aliphatic rings. The second kappa shape index (κ2) is 4.42. The third-order valence-corrected chi connectivity index (χ3v) is 2.76. The van der Waals surface area contributed by atoms with Gasteiger partial charge < -0.3 is 9.84 Å². The zero-order chi connectivity index (χ0) is 13.3. The number of ether oxygens (including phenoxy) is 1. The van der Waals surface area contributed by atoms with Gasteiger partial charge in [0.1, 0.15) is 17.0 Å². The molecule has 5 nitrogen and oxygen atoms in total. The Morgan fingerprint density at radius 2 is 2.06 bits per heavy atom. The first-order valence-electron chi connectivity index (χ1n) is 5.72. The molecule has 18 heavy (non-hydrogen) atoms. The lowest BCUT2D eigenvalue weighted by Crippen LogP contribution is -2.15. The van der Waals surface area contributed by atoms with Gasteiger partial charge in [0.25, 0.3) is 0 Å². The largest absolute Gasteiger partial charge is 0.496 e. The molecular weight excluding hydrogens is 230 g/mol. The summed E-state index contributed by atoms with van der Waals surface area (Å²) in [6, 6.07) is 5.74. The number of rotatable bonds is 3. The van der Waals surface area contributed by atoms with Crippen molar-refractivity contribution in [1.29, 1.82) is 0 Å². The van der Waals surface area contributed by atoms with Gasteiger partial charge in [0.05, 0.1) is 19.0 Å². The summed E-state index contributed by atoms with van der Waals surface area (Å²) in [6.07, 6.45) is 1.72. The Morgan fingerprint density at radius 1 is 1.33 bits per heavy atom. The fourth-order valence-corrected chi connectivity index (χ4v) is 1.68. The molecule has 96 valence electrons. The molecule has 0 radical (unpaired) electrons. The summed E-state index contributed by atoms with van der Waals surface area (Å²) < 4.78 is 6.85. The average molecular weight is 247 g/mol. The van der Waals surface area contributed by atoms with Crippen LogP contribution in [-0.4, -0.2) is 27.2 Å². The van der Waals surface area contributed by atoms with E-state index >= 15 is 0 Å². The number of hydrogen-bond acceptors (Lipinski definition) is 4. The fraction of sp³-hybridized carbons (Fsp3) is 0.385. The molecule has 2 aromatic rings. The summed E-state index contributed by atoms with van der Waals surface area (Å²) in [6.45, 7) is 5.33. The maximum atomic E-state index is 9.85. The highest BCUT2D eigenvalue weighted by Crippen LogP contribution is 2.22. The van der Waals surface area contributed by atoms with E-state index in [0.29, 0.717) is 5.69 Å². The van der Waals surface area contributed by atoms with Gasteiger partial charge in [-0.3, -0.25) is 0 Å². The lowest BCUT2D eigenvalue weighted by Gasteiger charge is -2.12. The number of aromatic nitrogens is 3. The van der Waals surface area contributed by atoms with Crippen LogP contribution in [0.3, 0.4) is 0 Å². The van der Waals surface area contributed by atoms with Gasteiger partial charge in [-0.25, -0.2) is 4.68 Å². The van der Waals surface area contributed by atoms with E-state index in [1.807, 2.05) is 25.1 Å². The topological polar surface area (TPSA) is 60.2 Å². The van der Waals surface area contributed by atoms with E-state index in [-0.39, 0.29) is 0 Å². The van der Waals surface area contributed by atoms with Crippen molar-refractivity contribution in [2.75, 3.05) is 7.11 Å². The van der Waals surface area contributed by atoms with E-state index in [4.69, 9.17) is 4.74 Å². The second-order valence-corrected chi connectivity index (χ2v) is 4.76. The smallest absolute Gasteiger partial charge is 0.121 e. The van der Waals surface area contributed by atoms with Crippen molar-refractivity contribution >= 4 is 0 Å². The highest BCUT2D eigenvalue weighted by atomic mass is 16.5. The van der Waals surface area contributed by atoms with Gasteiger partial charge in [-0.1, -0.05) is 5.21 Å². The van der Waals surface area contributed by atoms with E-state index in [2.05, 4.69) is 10.3 Å². The molecule has 1 aromatic carbocycles. The zero-order valence-electron chi connectivity index (χ0n) is 11.0. The first-order chi connectivity index (χ1) is 8.41. The van der Waals surface area contributed by atoms with Crippen LogP contribution in [0.4, 0.5) is 0 Å². The Morgan fingerprint density at radius 3 is 2.56 bits per heavy atom. The summed E-state index contributed by atoms with van der Waals surface area (Å²) in [4.78, 5) is 0. The summed E-state index contributed by atoms with van der Waals surface area (Å²) >= 11 is 0. The van der Waals surface area contributed by atoms with Gasteiger partial charge in [-0.15, -0.1) is 5.10 Å². The van der Waals surface area contributed by atoms with Gasteiger partial charge >= 0.3 is 0 Å². The van der Waals surface area contributed by atoms with Crippen LogP contribution < -0.4 is 4.74 Å². The normalized spacial score (nSPS) is 11.6. The molecule has 1 N–H and O–H groups in total. The Labute approximate surface area is 106 Å². The minimum atomic E-state index is -0.986. The number of methoxy groups -OCH3 is 1. The molecule has 0 fully saturated rings. The zero-order valence-corrected chi connectivity index (χ0v) is 11.0. The molecule has 0 amide bonds. The summed E-state index contributed by atoms with van der Waals surface area (Å²) in [5, 5.41) is 17.8. The van der Waals surface area contributed by atoms with Crippen molar-refractivity contribution in [3.63, 3.8) is 0 Å².